The molecule has 27 heavy (non-hydrogen) atoms. The van der Waals surface area contributed by atoms with Crippen molar-refractivity contribution in [2.75, 3.05) is 26.2 Å². The molecule has 2 fully saturated rings. The Labute approximate surface area is 160 Å². The molecule has 0 radical (unpaired) electrons. The summed E-state index contributed by atoms with van der Waals surface area (Å²) in [6.07, 6.45) is 8.44. The molecule has 0 spiro atoms. The molecule has 2 saturated heterocycles. The van der Waals surface area contributed by atoms with Crippen LogP contribution in [0.2, 0.25) is 0 Å². The summed E-state index contributed by atoms with van der Waals surface area (Å²) in [7, 11) is 0. The molecule has 2 aliphatic rings. The van der Waals surface area contributed by atoms with Crippen LogP contribution in [0.3, 0.4) is 0 Å². The maximum Gasteiger partial charge on any atom is 0.276 e. The van der Waals surface area contributed by atoms with Gasteiger partial charge >= 0.3 is 0 Å². The first-order valence-electron chi connectivity index (χ1n) is 10.3. The minimum absolute atomic E-state index is 0.0386. The highest BCUT2D eigenvalue weighted by Gasteiger charge is 2.26. The minimum Gasteiger partial charge on any atom is -0.337 e. The minimum atomic E-state index is 0.0386. The molecule has 0 unspecified atom stereocenters. The van der Waals surface area contributed by atoms with Gasteiger partial charge in [-0.3, -0.25) is 4.79 Å². The average molecular weight is 367 g/mol. The molecule has 0 aliphatic carbocycles. The van der Waals surface area contributed by atoms with Crippen LogP contribution in [-0.4, -0.2) is 52.0 Å². The Morgan fingerprint density at radius 1 is 1.07 bits per heavy atom. The molecule has 6 nitrogen and oxygen atoms in total. The van der Waals surface area contributed by atoms with Gasteiger partial charge in [0.25, 0.3) is 5.91 Å². The van der Waals surface area contributed by atoms with Gasteiger partial charge in [-0.25, -0.2) is 4.68 Å². The molecule has 1 N–H and O–H groups in total. The maximum absolute atomic E-state index is 12.8. The van der Waals surface area contributed by atoms with Gasteiger partial charge in [0, 0.05) is 13.1 Å². The van der Waals surface area contributed by atoms with Gasteiger partial charge in [0.1, 0.15) is 0 Å². The van der Waals surface area contributed by atoms with Gasteiger partial charge in [0.05, 0.1) is 12.2 Å². The Bertz CT molecular complexity index is 730. The van der Waals surface area contributed by atoms with Crippen molar-refractivity contribution >= 4 is 5.91 Å². The molecule has 2 aromatic rings. The number of nitrogens with one attached hydrogen (secondary N) is 1. The first-order valence-corrected chi connectivity index (χ1v) is 10.3. The highest BCUT2D eigenvalue weighted by atomic mass is 16.2. The van der Waals surface area contributed by atoms with Crippen molar-refractivity contribution in [3.63, 3.8) is 0 Å². The zero-order valence-corrected chi connectivity index (χ0v) is 15.9. The second kappa shape index (κ2) is 8.65. The first kappa shape index (κ1) is 18.2. The zero-order chi connectivity index (χ0) is 18.5. The number of benzene rings is 1. The van der Waals surface area contributed by atoms with E-state index >= 15 is 0 Å². The van der Waals surface area contributed by atoms with E-state index in [1.165, 1.54) is 12.0 Å². The predicted octanol–water partition coefficient (Wildman–Crippen LogP) is 2.69. The van der Waals surface area contributed by atoms with Crippen molar-refractivity contribution < 1.29 is 4.79 Å². The molecular formula is C21H29N5O. The van der Waals surface area contributed by atoms with Gasteiger partial charge in [-0.2, -0.15) is 0 Å². The summed E-state index contributed by atoms with van der Waals surface area (Å²) < 4.78 is 1.89. The number of amides is 1. The van der Waals surface area contributed by atoms with Crippen molar-refractivity contribution in [1.82, 2.24) is 25.2 Å². The molecule has 1 amide bonds. The normalized spacial score (nSPS) is 19.3. The lowest BCUT2D eigenvalue weighted by molar-refractivity contribution is 0.0681. The lowest BCUT2D eigenvalue weighted by Gasteiger charge is -2.31. The highest BCUT2D eigenvalue weighted by molar-refractivity contribution is 5.92. The summed E-state index contributed by atoms with van der Waals surface area (Å²) in [5.41, 5.74) is 1.90. The molecule has 144 valence electrons. The average Bonchev–Trinajstić information content (AvgIpc) is 3.24. The van der Waals surface area contributed by atoms with Crippen molar-refractivity contribution in [2.24, 2.45) is 5.92 Å². The van der Waals surface area contributed by atoms with Crippen molar-refractivity contribution in [3.8, 4) is 0 Å². The van der Waals surface area contributed by atoms with Gasteiger partial charge in [0.2, 0.25) is 0 Å². The monoisotopic (exact) mass is 367 g/mol. The Morgan fingerprint density at radius 2 is 1.81 bits per heavy atom. The Hall–Kier alpha value is -2.21. The van der Waals surface area contributed by atoms with Crippen molar-refractivity contribution in [1.29, 1.82) is 0 Å². The number of nitrogens with zero attached hydrogens (tertiary/aromatic N) is 4. The lowest BCUT2D eigenvalue weighted by Crippen LogP contribution is -2.38. The second-order valence-corrected chi connectivity index (χ2v) is 7.82. The second-order valence-electron chi connectivity index (χ2n) is 7.82. The fourth-order valence-corrected chi connectivity index (χ4v) is 4.23. The molecule has 0 atom stereocenters. The van der Waals surface area contributed by atoms with Crippen LogP contribution in [0.25, 0.3) is 0 Å². The van der Waals surface area contributed by atoms with E-state index in [1.807, 2.05) is 15.8 Å². The van der Waals surface area contributed by atoms with Crippen LogP contribution in [0.1, 0.15) is 54.2 Å². The van der Waals surface area contributed by atoms with Crippen molar-refractivity contribution in [3.05, 3.63) is 47.8 Å². The summed E-state index contributed by atoms with van der Waals surface area (Å²) in [5, 5.41) is 11.7. The first-order chi connectivity index (χ1) is 13.3. The zero-order valence-electron chi connectivity index (χ0n) is 15.9. The molecule has 6 heteroatoms. The number of piperidine rings is 2. The summed E-state index contributed by atoms with van der Waals surface area (Å²) in [4.78, 5) is 14.7. The van der Waals surface area contributed by atoms with Crippen LogP contribution in [0.4, 0.5) is 0 Å². The van der Waals surface area contributed by atoms with Crippen LogP contribution in [0.15, 0.2) is 36.5 Å². The number of aromatic nitrogens is 3. The smallest absolute Gasteiger partial charge is 0.276 e. The van der Waals surface area contributed by atoms with Crippen LogP contribution >= 0.6 is 0 Å². The highest BCUT2D eigenvalue weighted by Crippen LogP contribution is 2.24. The van der Waals surface area contributed by atoms with Crippen LogP contribution in [-0.2, 0) is 6.42 Å². The fourth-order valence-electron chi connectivity index (χ4n) is 4.23. The van der Waals surface area contributed by atoms with E-state index in [0.717, 1.165) is 58.3 Å². The SMILES string of the molecule is O=C(c1cn(C2CCNCC2)nn1)N1CCC(CCc2ccccc2)CC1. The molecule has 0 bridgehead atoms. The van der Waals surface area contributed by atoms with Crippen LogP contribution in [0, 0.1) is 5.92 Å². The summed E-state index contributed by atoms with van der Waals surface area (Å²) >= 11 is 0. The maximum atomic E-state index is 12.8. The topological polar surface area (TPSA) is 63.1 Å². The number of rotatable bonds is 5. The number of hydrogen-bond donors (Lipinski definition) is 1. The van der Waals surface area contributed by atoms with E-state index in [1.54, 1.807) is 0 Å². The summed E-state index contributed by atoms with van der Waals surface area (Å²) in [6.45, 7) is 3.67. The molecule has 4 rings (SSSR count). The Balaban J connectivity index is 1.26. The van der Waals surface area contributed by atoms with E-state index in [-0.39, 0.29) is 5.91 Å². The van der Waals surface area contributed by atoms with E-state index < -0.39 is 0 Å². The molecule has 3 heterocycles. The molecule has 0 saturated carbocycles. The van der Waals surface area contributed by atoms with Gasteiger partial charge in [-0.1, -0.05) is 35.5 Å². The number of carbonyl (C=O) groups is 1. The number of carbonyl (C=O) groups excluding carboxylic acids is 1. The van der Waals surface area contributed by atoms with Crippen LogP contribution in [0.5, 0.6) is 0 Å². The predicted molar refractivity (Wildman–Crippen MR) is 105 cm³/mol. The summed E-state index contributed by atoms with van der Waals surface area (Å²) in [5.74, 6) is 0.747. The third-order valence-electron chi connectivity index (χ3n) is 6.00. The van der Waals surface area contributed by atoms with Gasteiger partial charge in [-0.15, -0.1) is 5.10 Å². The lowest BCUT2D eigenvalue weighted by atomic mass is 9.90. The number of hydrogen-bond acceptors (Lipinski definition) is 4. The van der Waals surface area contributed by atoms with E-state index in [2.05, 4.69) is 46.0 Å². The van der Waals surface area contributed by atoms with Gasteiger partial charge < -0.3 is 10.2 Å². The molecule has 1 aromatic carbocycles. The Morgan fingerprint density at radius 3 is 2.56 bits per heavy atom. The molecular weight excluding hydrogens is 338 g/mol. The van der Waals surface area contributed by atoms with E-state index in [0.29, 0.717) is 17.7 Å². The molecule has 1 aromatic heterocycles. The molecule has 2 aliphatic heterocycles. The summed E-state index contributed by atoms with van der Waals surface area (Å²) in [6, 6.07) is 11.0. The Kier molecular flexibility index (Phi) is 5.82. The van der Waals surface area contributed by atoms with Crippen LogP contribution < -0.4 is 5.32 Å². The number of aryl methyl sites for hydroxylation is 1. The van der Waals surface area contributed by atoms with Gasteiger partial charge in [0.15, 0.2) is 5.69 Å². The van der Waals surface area contributed by atoms with Gasteiger partial charge in [-0.05, 0) is 63.1 Å². The third-order valence-corrected chi connectivity index (χ3v) is 6.00. The quantitative estimate of drug-likeness (QED) is 0.883. The van der Waals surface area contributed by atoms with Crippen molar-refractivity contribution in [2.45, 2.75) is 44.6 Å². The fraction of sp³-hybridized carbons (Fsp3) is 0.571. The number of likely N-dealkylation sites (tertiary alicyclic amines) is 1. The largest absolute Gasteiger partial charge is 0.337 e. The van der Waals surface area contributed by atoms with E-state index in [4.69, 9.17) is 0 Å². The standard InChI is InChI=1S/C21H29N5O/c27-21(20-16-26(24-23-20)19-8-12-22-13-9-19)25-14-10-18(11-15-25)7-6-17-4-2-1-3-5-17/h1-5,16,18-19,22H,6-15H2. The van der Waals surface area contributed by atoms with E-state index in [9.17, 15) is 4.79 Å². The third kappa shape index (κ3) is 4.56.